The van der Waals surface area contributed by atoms with Crippen LogP contribution in [0.1, 0.15) is 39.0 Å². The molecule has 2 unspecified atom stereocenters. The van der Waals surface area contributed by atoms with E-state index in [0.29, 0.717) is 4.75 Å². The van der Waals surface area contributed by atoms with Crippen molar-refractivity contribution in [3.8, 4) is 12.3 Å². The van der Waals surface area contributed by atoms with E-state index in [1.807, 2.05) is 0 Å². The van der Waals surface area contributed by atoms with Gasteiger partial charge in [-0.1, -0.05) is 6.92 Å². The van der Waals surface area contributed by atoms with Gasteiger partial charge in [0.05, 0.1) is 0 Å². The minimum Gasteiger partial charge on any atom is -0.173 e. The Labute approximate surface area is 75.2 Å². The first-order chi connectivity index (χ1) is 5.14. The van der Waals surface area contributed by atoms with Gasteiger partial charge in [-0.15, -0.1) is 12.3 Å². The van der Waals surface area contributed by atoms with Gasteiger partial charge in [0.1, 0.15) is 0 Å². The predicted octanol–water partition coefficient (Wildman–Crippen LogP) is 2.89. The van der Waals surface area contributed by atoms with Crippen molar-refractivity contribution in [3.05, 3.63) is 0 Å². The quantitative estimate of drug-likeness (QED) is 0.476. The molecule has 0 saturated heterocycles. The summed E-state index contributed by atoms with van der Waals surface area (Å²) < 4.78 is 0.291. The van der Waals surface area contributed by atoms with E-state index in [1.54, 1.807) is 0 Å². The lowest BCUT2D eigenvalue weighted by atomic mass is 10.0. The van der Waals surface area contributed by atoms with E-state index >= 15 is 0 Å². The van der Waals surface area contributed by atoms with Crippen LogP contribution < -0.4 is 0 Å². The number of hydrogen-bond donors (Lipinski definition) is 1. The highest BCUT2D eigenvalue weighted by molar-refractivity contribution is 7.81. The summed E-state index contributed by atoms with van der Waals surface area (Å²) in [6.07, 6.45) is 11.2. The topological polar surface area (TPSA) is 0 Å². The van der Waals surface area contributed by atoms with Crippen LogP contribution in [0.2, 0.25) is 0 Å². The molecule has 0 spiro atoms. The average Bonchev–Trinajstić information content (AvgIpc) is 2.26. The van der Waals surface area contributed by atoms with Crippen molar-refractivity contribution in [2.24, 2.45) is 5.92 Å². The molecule has 0 bridgehead atoms. The zero-order valence-electron chi connectivity index (χ0n) is 7.14. The van der Waals surface area contributed by atoms with E-state index in [0.717, 1.165) is 12.3 Å². The van der Waals surface area contributed by atoms with E-state index in [9.17, 15) is 0 Å². The second-order valence-electron chi connectivity index (χ2n) is 3.85. The molecular formula is C10H16S. The summed E-state index contributed by atoms with van der Waals surface area (Å²) in [6.45, 7) is 2.23. The van der Waals surface area contributed by atoms with Gasteiger partial charge in [0.15, 0.2) is 0 Å². The molecule has 0 aromatic carbocycles. The minimum atomic E-state index is 0.291. The van der Waals surface area contributed by atoms with Crippen molar-refractivity contribution in [2.75, 3.05) is 0 Å². The van der Waals surface area contributed by atoms with Gasteiger partial charge in [-0.25, -0.2) is 0 Å². The van der Waals surface area contributed by atoms with E-state index in [2.05, 4.69) is 25.5 Å². The normalized spacial score (nSPS) is 37.0. The molecule has 62 valence electrons. The summed E-state index contributed by atoms with van der Waals surface area (Å²) in [5.41, 5.74) is 0. The Morgan fingerprint density at radius 2 is 2.45 bits per heavy atom. The van der Waals surface area contributed by atoms with Crippen LogP contribution in [0.3, 0.4) is 0 Å². The Kier molecular flexibility index (Phi) is 2.90. The maximum atomic E-state index is 5.21. The molecule has 1 fully saturated rings. The maximum absolute atomic E-state index is 5.21. The minimum absolute atomic E-state index is 0.291. The maximum Gasteiger partial charge on any atom is 0.0104 e. The van der Waals surface area contributed by atoms with Crippen molar-refractivity contribution >= 4 is 12.6 Å². The van der Waals surface area contributed by atoms with Crippen LogP contribution in [0.25, 0.3) is 0 Å². The molecule has 0 aromatic heterocycles. The largest absolute Gasteiger partial charge is 0.173 e. The van der Waals surface area contributed by atoms with Gasteiger partial charge in [0.2, 0.25) is 0 Å². The Morgan fingerprint density at radius 3 is 2.91 bits per heavy atom. The smallest absolute Gasteiger partial charge is 0.0104 e. The van der Waals surface area contributed by atoms with Gasteiger partial charge in [0.25, 0.3) is 0 Å². The SMILES string of the molecule is C#CCCC1CCC(C)(S)C1. The fourth-order valence-electron chi connectivity index (χ4n) is 1.87. The second kappa shape index (κ2) is 3.54. The molecule has 0 aliphatic heterocycles. The number of rotatable bonds is 2. The molecule has 0 N–H and O–H groups in total. The molecule has 1 heteroatoms. The van der Waals surface area contributed by atoms with Crippen LogP contribution >= 0.6 is 12.6 Å². The summed E-state index contributed by atoms with van der Waals surface area (Å²) in [5, 5.41) is 0. The third kappa shape index (κ3) is 2.79. The van der Waals surface area contributed by atoms with Crippen molar-refractivity contribution in [1.82, 2.24) is 0 Å². The highest BCUT2D eigenvalue weighted by atomic mass is 32.1. The molecule has 1 aliphatic carbocycles. The Balaban J connectivity index is 2.26. The van der Waals surface area contributed by atoms with E-state index in [4.69, 9.17) is 6.42 Å². The Morgan fingerprint density at radius 1 is 1.73 bits per heavy atom. The first kappa shape index (κ1) is 9.00. The highest BCUT2D eigenvalue weighted by Crippen LogP contribution is 2.40. The molecule has 2 atom stereocenters. The van der Waals surface area contributed by atoms with Crippen LogP contribution in [-0.2, 0) is 0 Å². The zero-order chi connectivity index (χ0) is 8.32. The van der Waals surface area contributed by atoms with Crippen LogP contribution in [0.4, 0.5) is 0 Å². The van der Waals surface area contributed by atoms with Gasteiger partial charge in [-0.05, 0) is 31.6 Å². The van der Waals surface area contributed by atoms with Gasteiger partial charge in [0, 0.05) is 11.2 Å². The number of terminal acetylenes is 1. The monoisotopic (exact) mass is 168 g/mol. The molecule has 11 heavy (non-hydrogen) atoms. The third-order valence-corrected chi connectivity index (χ3v) is 2.92. The van der Waals surface area contributed by atoms with Crippen LogP contribution in [0.15, 0.2) is 0 Å². The Hall–Kier alpha value is -0.0900. The summed E-state index contributed by atoms with van der Waals surface area (Å²) >= 11 is 4.58. The van der Waals surface area contributed by atoms with Gasteiger partial charge in [-0.3, -0.25) is 0 Å². The van der Waals surface area contributed by atoms with E-state index in [1.165, 1.54) is 25.7 Å². The number of hydrogen-bond acceptors (Lipinski definition) is 1. The lowest BCUT2D eigenvalue weighted by molar-refractivity contribution is 0.500. The van der Waals surface area contributed by atoms with Crippen molar-refractivity contribution in [1.29, 1.82) is 0 Å². The summed E-state index contributed by atoms with van der Waals surface area (Å²) in [6, 6.07) is 0. The first-order valence-electron chi connectivity index (χ1n) is 4.30. The molecule has 1 aliphatic rings. The fourth-order valence-corrected chi connectivity index (χ4v) is 2.26. The molecule has 0 aromatic rings. The van der Waals surface area contributed by atoms with Crippen LogP contribution in [0.5, 0.6) is 0 Å². The molecule has 0 amide bonds. The number of thiol groups is 1. The third-order valence-electron chi connectivity index (χ3n) is 2.52. The van der Waals surface area contributed by atoms with E-state index in [-0.39, 0.29) is 0 Å². The van der Waals surface area contributed by atoms with E-state index < -0.39 is 0 Å². The molecular weight excluding hydrogens is 152 g/mol. The van der Waals surface area contributed by atoms with Gasteiger partial charge in [-0.2, -0.15) is 12.6 Å². The van der Waals surface area contributed by atoms with Gasteiger partial charge >= 0.3 is 0 Å². The van der Waals surface area contributed by atoms with Crippen LogP contribution in [0, 0.1) is 18.3 Å². The lowest BCUT2D eigenvalue weighted by Crippen LogP contribution is -2.10. The summed E-state index contributed by atoms with van der Waals surface area (Å²) in [7, 11) is 0. The first-order valence-corrected chi connectivity index (χ1v) is 4.74. The van der Waals surface area contributed by atoms with Gasteiger partial charge < -0.3 is 0 Å². The zero-order valence-corrected chi connectivity index (χ0v) is 8.03. The average molecular weight is 168 g/mol. The molecule has 0 radical (unpaired) electrons. The highest BCUT2D eigenvalue weighted by Gasteiger charge is 2.30. The predicted molar refractivity (Wildman–Crippen MR) is 52.8 cm³/mol. The lowest BCUT2D eigenvalue weighted by Gasteiger charge is -2.15. The molecule has 0 nitrogen and oxygen atoms in total. The molecule has 0 heterocycles. The van der Waals surface area contributed by atoms with Crippen molar-refractivity contribution < 1.29 is 0 Å². The van der Waals surface area contributed by atoms with Crippen molar-refractivity contribution in [3.63, 3.8) is 0 Å². The van der Waals surface area contributed by atoms with Crippen LogP contribution in [-0.4, -0.2) is 4.75 Å². The second-order valence-corrected chi connectivity index (χ2v) is 4.93. The molecule has 1 rings (SSSR count). The fraction of sp³-hybridized carbons (Fsp3) is 0.800. The standard InChI is InChI=1S/C10H16S/c1-3-4-5-9-6-7-10(2,11)8-9/h1,9,11H,4-8H2,2H3. The summed E-state index contributed by atoms with van der Waals surface area (Å²) in [5.74, 6) is 3.54. The summed E-state index contributed by atoms with van der Waals surface area (Å²) in [4.78, 5) is 0. The molecule has 1 saturated carbocycles. The Bertz CT molecular complexity index is 164. The van der Waals surface area contributed by atoms with Crippen molar-refractivity contribution in [2.45, 2.75) is 43.8 Å².